The van der Waals surface area contributed by atoms with Crippen molar-refractivity contribution in [2.75, 3.05) is 5.75 Å². The van der Waals surface area contributed by atoms with Crippen LogP contribution in [0.15, 0.2) is 0 Å². The average Bonchev–Trinajstić information content (AvgIpc) is 3.07. The molecular weight excluding hydrogens is 593 g/mol. The topological polar surface area (TPSA) is 37.3 Å². The van der Waals surface area contributed by atoms with E-state index in [4.69, 9.17) is 0 Å². The van der Waals surface area contributed by atoms with Crippen molar-refractivity contribution in [3.63, 3.8) is 0 Å². The van der Waals surface area contributed by atoms with Gasteiger partial charge in [-0.15, -0.1) is 11.8 Å². The van der Waals surface area contributed by atoms with Gasteiger partial charge in [0.15, 0.2) is 0 Å². The number of aliphatic carboxylic acids is 1. The highest BCUT2D eigenvalue weighted by Gasteiger charge is 2.37. The van der Waals surface area contributed by atoms with Crippen LogP contribution in [0.25, 0.3) is 0 Å². The van der Waals surface area contributed by atoms with E-state index in [9.17, 15) is 9.90 Å². The van der Waals surface area contributed by atoms with Crippen LogP contribution in [0.3, 0.4) is 0 Å². The smallest absolute Gasteiger partial charge is 0.319 e. The number of hydrogen-bond acceptors (Lipinski definition) is 2. The van der Waals surface area contributed by atoms with E-state index in [1.165, 1.54) is 218 Å². The van der Waals surface area contributed by atoms with Gasteiger partial charge < -0.3 is 5.11 Å². The molecule has 0 unspecified atom stereocenters. The molecule has 0 aliphatic carbocycles. The molecule has 0 saturated heterocycles. The third kappa shape index (κ3) is 32.8. The fourth-order valence-corrected chi connectivity index (χ4v) is 8.70. The lowest BCUT2D eigenvalue weighted by molar-refractivity contribution is -0.140. The van der Waals surface area contributed by atoms with Gasteiger partial charge in [0.2, 0.25) is 0 Å². The Morgan fingerprint density at radius 1 is 0.362 bits per heavy atom. The van der Waals surface area contributed by atoms with Gasteiger partial charge in [-0.05, 0) is 25.0 Å². The van der Waals surface area contributed by atoms with Crippen molar-refractivity contribution in [3.8, 4) is 0 Å². The molecule has 0 saturated carbocycles. The largest absolute Gasteiger partial charge is 0.480 e. The van der Waals surface area contributed by atoms with Crippen molar-refractivity contribution in [1.29, 1.82) is 0 Å². The highest BCUT2D eigenvalue weighted by molar-refractivity contribution is 8.01. The Balaban J connectivity index is 4.36. The number of unbranched alkanes of at least 4 members (excludes halogenated alkanes) is 33. The van der Waals surface area contributed by atoms with Crippen LogP contribution >= 0.6 is 11.8 Å². The summed E-state index contributed by atoms with van der Waals surface area (Å²) >= 11 is 1.82. The standard InChI is InChI=1S/C44H88O2S/c1-4-7-10-13-16-19-22-25-28-31-34-37-40-44(43(45)46,41-38-35-32-29-26-23-20-17-14-11-8-5-2)47-42-39-36-33-30-27-24-21-18-15-12-9-6-3/h4-42H2,1-3H3,(H,45,46). The first-order valence-corrected chi connectivity index (χ1v) is 23.0. The molecule has 0 atom stereocenters. The second-order valence-electron chi connectivity index (χ2n) is 15.3. The Kier molecular flexibility index (Phi) is 38.5. The molecule has 1 N–H and O–H groups in total. The van der Waals surface area contributed by atoms with Crippen molar-refractivity contribution in [1.82, 2.24) is 0 Å². The molecule has 0 fully saturated rings. The van der Waals surface area contributed by atoms with Crippen molar-refractivity contribution in [2.45, 2.75) is 270 Å². The van der Waals surface area contributed by atoms with E-state index in [1.54, 1.807) is 0 Å². The third-order valence-electron chi connectivity index (χ3n) is 10.6. The molecule has 0 heterocycles. The number of carbonyl (C=O) groups is 1. The van der Waals surface area contributed by atoms with Crippen molar-refractivity contribution in [2.24, 2.45) is 0 Å². The lowest BCUT2D eigenvalue weighted by atomic mass is 9.93. The molecule has 0 radical (unpaired) electrons. The van der Waals surface area contributed by atoms with Gasteiger partial charge in [-0.1, -0.05) is 245 Å². The van der Waals surface area contributed by atoms with Crippen LogP contribution in [0, 0.1) is 0 Å². The summed E-state index contributed by atoms with van der Waals surface area (Å²) in [6, 6.07) is 0. The number of thioether (sulfide) groups is 1. The van der Waals surface area contributed by atoms with Gasteiger partial charge in [0.25, 0.3) is 0 Å². The molecule has 2 nitrogen and oxygen atoms in total. The predicted octanol–water partition coefficient (Wildman–Crippen LogP) is 16.4. The molecule has 0 amide bonds. The van der Waals surface area contributed by atoms with Gasteiger partial charge in [0.05, 0.1) is 0 Å². The molecule has 0 spiro atoms. The highest BCUT2D eigenvalue weighted by atomic mass is 32.2. The van der Waals surface area contributed by atoms with Crippen LogP contribution in [0.1, 0.15) is 265 Å². The van der Waals surface area contributed by atoms with Gasteiger partial charge in [-0.3, -0.25) is 4.79 Å². The fraction of sp³-hybridized carbons (Fsp3) is 0.977. The Bertz CT molecular complexity index is 578. The molecule has 3 heteroatoms. The first-order valence-electron chi connectivity index (χ1n) is 22.0. The van der Waals surface area contributed by atoms with Crippen LogP contribution in [-0.4, -0.2) is 21.6 Å². The van der Waals surface area contributed by atoms with Gasteiger partial charge in [0, 0.05) is 0 Å². The summed E-state index contributed by atoms with van der Waals surface area (Å²) < 4.78 is -0.547. The van der Waals surface area contributed by atoms with E-state index in [1.807, 2.05) is 11.8 Å². The molecular formula is C44H88O2S. The molecule has 0 aromatic heterocycles. The van der Waals surface area contributed by atoms with Crippen LogP contribution in [-0.2, 0) is 4.79 Å². The Morgan fingerprint density at radius 3 is 0.809 bits per heavy atom. The number of rotatable bonds is 41. The van der Waals surface area contributed by atoms with Crippen molar-refractivity contribution < 1.29 is 9.90 Å². The molecule has 0 bridgehead atoms. The van der Waals surface area contributed by atoms with Gasteiger partial charge in [-0.25, -0.2) is 0 Å². The van der Waals surface area contributed by atoms with Gasteiger partial charge in [-0.2, -0.15) is 0 Å². The molecule has 0 aromatic rings. The van der Waals surface area contributed by atoms with E-state index in [2.05, 4.69) is 20.8 Å². The van der Waals surface area contributed by atoms with E-state index in [0.717, 1.165) is 31.4 Å². The Labute approximate surface area is 302 Å². The second kappa shape index (κ2) is 38.6. The SMILES string of the molecule is CCCCCCCCCCCCCCSC(CCCCCCCCCCCCCC)(CCCCCCCCCCCCCC)C(=O)O. The zero-order valence-electron chi connectivity index (χ0n) is 32.8. The van der Waals surface area contributed by atoms with Crippen molar-refractivity contribution in [3.05, 3.63) is 0 Å². The molecule has 47 heavy (non-hydrogen) atoms. The lowest BCUT2D eigenvalue weighted by Crippen LogP contribution is -2.35. The maximum atomic E-state index is 12.8. The average molecular weight is 681 g/mol. The summed E-state index contributed by atoms with van der Waals surface area (Å²) in [5, 5.41) is 10.5. The van der Waals surface area contributed by atoms with Crippen LogP contribution in [0.2, 0.25) is 0 Å². The molecule has 0 aliphatic heterocycles. The lowest BCUT2D eigenvalue weighted by Gasteiger charge is -2.29. The van der Waals surface area contributed by atoms with Crippen LogP contribution in [0.5, 0.6) is 0 Å². The molecule has 0 rings (SSSR count). The minimum absolute atomic E-state index is 0.521. The third-order valence-corrected chi connectivity index (χ3v) is 12.3. The quantitative estimate of drug-likeness (QED) is 0.0653. The summed E-state index contributed by atoms with van der Waals surface area (Å²) in [6.45, 7) is 6.87. The van der Waals surface area contributed by atoms with Gasteiger partial charge >= 0.3 is 5.97 Å². The monoisotopic (exact) mass is 681 g/mol. The summed E-state index contributed by atoms with van der Waals surface area (Å²) in [5.41, 5.74) is 0. The highest BCUT2D eigenvalue weighted by Crippen LogP contribution is 2.38. The number of carboxylic acids is 1. The maximum absolute atomic E-state index is 12.8. The molecule has 0 aromatic carbocycles. The Morgan fingerprint density at radius 2 is 0.574 bits per heavy atom. The minimum atomic E-state index is -0.547. The molecule has 0 aliphatic rings. The van der Waals surface area contributed by atoms with Crippen LogP contribution < -0.4 is 0 Å². The normalized spacial score (nSPS) is 11.9. The Hall–Kier alpha value is -0.180. The fourth-order valence-electron chi connectivity index (χ4n) is 7.26. The second-order valence-corrected chi connectivity index (χ2v) is 16.8. The first kappa shape index (κ1) is 46.8. The summed E-state index contributed by atoms with van der Waals surface area (Å²) in [5.74, 6) is 0.507. The number of hydrogen-bond donors (Lipinski definition) is 1. The van der Waals surface area contributed by atoms with E-state index < -0.39 is 10.7 Å². The maximum Gasteiger partial charge on any atom is 0.319 e. The predicted molar refractivity (Wildman–Crippen MR) is 215 cm³/mol. The van der Waals surface area contributed by atoms with Crippen molar-refractivity contribution >= 4 is 17.7 Å². The zero-order valence-corrected chi connectivity index (χ0v) is 33.7. The summed E-state index contributed by atoms with van der Waals surface area (Å²) in [4.78, 5) is 12.8. The van der Waals surface area contributed by atoms with E-state index in [0.29, 0.717) is 0 Å². The summed E-state index contributed by atoms with van der Waals surface area (Å²) in [7, 11) is 0. The molecule has 282 valence electrons. The van der Waals surface area contributed by atoms with E-state index in [-0.39, 0.29) is 0 Å². The van der Waals surface area contributed by atoms with Crippen LogP contribution in [0.4, 0.5) is 0 Å². The first-order chi connectivity index (χ1) is 23.1. The van der Waals surface area contributed by atoms with Gasteiger partial charge in [0.1, 0.15) is 4.75 Å². The zero-order chi connectivity index (χ0) is 34.4. The summed E-state index contributed by atoms with van der Waals surface area (Å²) in [6.07, 6.45) is 50.2. The minimum Gasteiger partial charge on any atom is -0.480 e. The van der Waals surface area contributed by atoms with E-state index >= 15 is 0 Å². The number of carboxylic acid groups (broad SMARTS) is 1.